The maximum absolute atomic E-state index is 9.60. The Labute approximate surface area is 171 Å². The average molecular weight is 387 g/mol. The summed E-state index contributed by atoms with van der Waals surface area (Å²) in [5, 5.41) is 14.5. The Bertz CT molecular complexity index is 1010. The van der Waals surface area contributed by atoms with Crippen LogP contribution in [-0.2, 0) is 0 Å². The zero-order valence-corrected chi connectivity index (χ0v) is 16.5. The van der Waals surface area contributed by atoms with E-state index >= 15 is 0 Å². The molecule has 148 valence electrons. The number of para-hydroxylation sites is 1. The van der Waals surface area contributed by atoms with E-state index in [4.69, 9.17) is 9.26 Å². The molecule has 0 atom stereocenters. The van der Waals surface area contributed by atoms with E-state index in [0.717, 1.165) is 36.3 Å². The Morgan fingerprint density at radius 1 is 1.10 bits per heavy atom. The minimum atomic E-state index is 0.477. The van der Waals surface area contributed by atoms with Crippen LogP contribution < -0.4 is 4.74 Å². The molecule has 1 aliphatic rings. The predicted octanol–water partition coefficient (Wildman–Crippen LogP) is 5.15. The minimum Gasteiger partial charge on any atom is -0.494 e. The van der Waals surface area contributed by atoms with Gasteiger partial charge in [-0.05, 0) is 68.3 Å². The Hall–Kier alpha value is -3.10. The molecule has 3 aromatic rings. The highest BCUT2D eigenvalue weighted by molar-refractivity contribution is 5.98. The van der Waals surface area contributed by atoms with Crippen LogP contribution in [0.4, 0.5) is 0 Å². The molecule has 1 aromatic heterocycles. The largest absolute Gasteiger partial charge is 0.494 e. The molecule has 5 heteroatoms. The Balaban J connectivity index is 1.36. The van der Waals surface area contributed by atoms with E-state index in [-0.39, 0.29) is 0 Å². The molecule has 5 nitrogen and oxygen atoms in total. The third kappa shape index (κ3) is 4.85. The fraction of sp³-hybridized carbons (Fsp3) is 0.333. The van der Waals surface area contributed by atoms with Gasteiger partial charge in [0.05, 0.1) is 17.6 Å². The zero-order chi connectivity index (χ0) is 19.9. The van der Waals surface area contributed by atoms with Crippen molar-refractivity contribution >= 4 is 22.6 Å². The number of aromatic nitrogens is 1. The van der Waals surface area contributed by atoms with Gasteiger partial charge in [0.2, 0.25) is 0 Å². The van der Waals surface area contributed by atoms with Gasteiger partial charge in [0.1, 0.15) is 17.5 Å². The van der Waals surface area contributed by atoms with Gasteiger partial charge in [0.15, 0.2) is 5.58 Å². The van der Waals surface area contributed by atoms with Crippen molar-refractivity contribution in [3.8, 4) is 11.8 Å². The molecular weight excluding hydrogens is 362 g/mol. The van der Waals surface area contributed by atoms with Crippen LogP contribution in [0.3, 0.4) is 0 Å². The first kappa shape index (κ1) is 19.2. The third-order valence-electron chi connectivity index (χ3n) is 5.28. The van der Waals surface area contributed by atoms with Crippen molar-refractivity contribution in [3.05, 3.63) is 59.8 Å². The average Bonchev–Trinajstić information content (AvgIpc) is 3.21. The summed E-state index contributed by atoms with van der Waals surface area (Å²) in [5.41, 5.74) is 2.65. The van der Waals surface area contributed by atoms with Gasteiger partial charge in [0, 0.05) is 6.54 Å². The van der Waals surface area contributed by atoms with Crippen LogP contribution in [0.15, 0.2) is 53.1 Å². The lowest BCUT2D eigenvalue weighted by atomic mass is 10.1. The molecule has 0 saturated carbocycles. The quantitative estimate of drug-likeness (QED) is 0.415. The summed E-state index contributed by atoms with van der Waals surface area (Å²) in [4.78, 5) is 2.53. The van der Waals surface area contributed by atoms with Gasteiger partial charge in [-0.1, -0.05) is 35.8 Å². The maximum atomic E-state index is 9.60. The highest BCUT2D eigenvalue weighted by Gasteiger charge is 2.12. The van der Waals surface area contributed by atoms with Crippen LogP contribution in [0, 0.1) is 11.3 Å². The first-order valence-electron chi connectivity index (χ1n) is 10.3. The molecule has 0 unspecified atom stereocenters. The fourth-order valence-electron chi connectivity index (χ4n) is 3.72. The van der Waals surface area contributed by atoms with Gasteiger partial charge in [-0.3, -0.25) is 0 Å². The molecular formula is C24H25N3O2. The van der Waals surface area contributed by atoms with Crippen molar-refractivity contribution < 1.29 is 9.26 Å². The third-order valence-corrected chi connectivity index (χ3v) is 5.28. The number of nitriles is 1. The van der Waals surface area contributed by atoms with Gasteiger partial charge < -0.3 is 14.2 Å². The SMILES string of the molecule is N#C/C(=C\c1ccc(OCCCN2CCCCC2)cc1)c1noc2ccccc12. The van der Waals surface area contributed by atoms with E-state index in [0.29, 0.717) is 16.9 Å². The van der Waals surface area contributed by atoms with E-state index in [2.05, 4.69) is 16.1 Å². The van der Waals surface area contributed by atoms with Crippen molar-refractivity contribution in [1.82, 2.24) is 10.1 Å². The van der Waals surface area contributed by atoms with E-state index in [9.17, 15) is 5.26 Å². The monoisotopic (exact) mass is 387 g/mol. The van der Waals surface area contributed by atoms with Crippen LogP contribution in [0.2, 0.25) is 0 Å². The van der Waals surface area contributed by atoms with E-state index in [1.54, 1.807) is 0 Å². The summed E-state index contributed by atoms with van der Waals surface area (Å²) in [6, 6.07) is 17.6. The van der Waals surface area contributed by atoms with E-state index in [1.165, 1.54) is 32.4 Å². The minimum absolute atomic E-state index is 0.477. The molecule has 29 heavy (non-hydrogen) atoms. The number of allylic oxidation sites excluding steroid dienone is 1. The molecule has 1 aliphatic heterocycles. The van der Waals surface area contributed by atoms with Crippen molar-refractivity contribution in [3.63, 3.8) is 0 Å². The van der Waals surface area contributed by atoms with Crippen molar-refractivity contribution in [1.29, 1.82) is 5.26 Å². The maximum Gasteiger partial charge on any atom is 0.167 e. The second kappa shape index (κ2) is 9.40. The first-order valence-corrected chi connectivity index (χ1v) is 10.3. The highest BCUT2D eigenvalue weighted by Crippen LogP contribution is 2.26. The first-order chi connectivity index (χ1) is 14.3. The molecule has 0 spiro atoms. The van der Waals surface area contributed by atoms with Crippen molar-refractivity contribution in [2.45, 2.75) is 25.7 Å². The number of rotatable bonds is 7. The fourth-order valence-corrected chi connectivity index (χ4v) is 3.72. The molecule has 0 N–H and O–H groups in total. The van der Waals surface area contributed by atoms with Crippen molar-refractivity contribution in [2.24, 2.45) is 0 Å². The standard InChI is InChI=1S/C24H25N3O2/c25-18-20(24-22-7-2-3-8-23(22)29-26-24)17-19-9-11-21(12-10-19)28-16-6-15-27-13-4-1-5-14-27/h2-3,7-12,17H,1,4-6,13-16H2/b20-17+. The van der Waals surface area contributed by atoms with Gasteiger partial charge in [-0.2, -0.15) is 5.26 Å². The summed E-state index contributed by atoms with van der Waals surface area (Å²) in [6.45, 7) is 4.28. The smallest absolute Gasteiger partial charge is 0.167 e. The van der Waals surface area contributed by atoms with Gasteiger partial charge >= 0.3 is 0 Å². The van der Waals surface area contributed by atoms with Crippen LogP contribution in [0.1, 0.15) is 36.9 Å². The van der Waals surface area contributed by atoms with E-state index < -0.39 is 0 Å². The number of piperidine rings is 1. The molecule has 2 aromatic carbocycles. The van der Waals surface area contributed by atoms with Gasteiger partial charge in [-0.25, -0.2) is 0 Å². The summed E-state index contributed by atoms with van der Waals surface area (Å²) in [7, 11) is 0. The van der Waals surface area contributed by atoms with Gasteiger partial charge in [0.25, 0.3) is 0 Å². The van der Waals surface area contributed by atoms with Crippen LogP contribution in [-0.4, -0.2) is 36.3 Å². The summed E-state index contributed by atoms with van der Waals surface area (Å²) >= 11 is 0. The number of fused-ring (bicyclic) bond motifs is 1. The van der Waals surface area contributed by atoms with Crippen LogP contribution in [0.5, 0.6) is 5.75 Å². The second-order valence-corrected chi connectivity index (χ2v) is 7.37. The summed E-state index contributed by atoms with van der Waals surface area (Å²) in [5.74, 6) is 0.853. The highest BCUT2D eigenvalue weighted by atomic mass is 16.5. The summed E-state index contributed by atoms with van der Waals surface area (Å²) in [6.07, 6.45) is 6.88. The predicted molar refractivity (Wildman–Crippen MR) is 114 cm³/mol. The van der Waals surface area contributed by atoms with Crippen molar-refractivity contribution in [2.75, 3.05) is 26.2 Å². The lowest BCUT2D eigenvalue weighted by molar-refractivity contribution is 0.205. The van der Waals surface area contributed by atoms with Crippen LogP contribution >= 0.6 is 0 Å². The topological polar surface area (TPSA) is 62.3 Å². The number of ether oxygens (including phenoxy) is 1. The molecule has 2 heterocycles. The number of hydrogen-bond acceptors (Lipinski definition) is 5. The lowest BCUT2D eigenvalue weighted by Crippen LogP contribution is -2.31. The molecule has 0 bridgehead atoms. The van der Waals surface area contributed by atoms with Crippen LogP contribution in [0.25, 0.3) is 22.6 Å². The second-order valence-electron chi connectivity index (χ2n) is 7.37. The molecule has 1 saturated heterocycles. The Kier molecular flexibility index (Phi) is 6.23. The number of benzene rings is 2. The van der Waals surface area contributed by atoms with E-state index in [1.807, 2.05) is 54.6 Å². The summed E-state index contributed by atoms with van der Waals surface area (Å²) < 4.78 is 11.2. The number of likely N-dealkylation sites (tertiary alicyclic amines) is 1. The molecule has 0 amide bonds. The molecule has 4 rings (SSSR count). The molecule has 0 radical (unpaired) electrons. The Morgan fingerprint density at radius 3 is 2.69 bits per heavy atom. The molecule has 0 aliphatic carbocycles. The zero-order valence-electron chi connectivity index (χ0n) is 16.5. The number of nitrogens with zero attached hydrogens (tertiary/aromatic N) is 3. The molecule has 1 fully saturated rings. The number of hydrogen-bond donors (Lipinski definition) is 0. The lowest BCUT2D eigenvalue weighted by Gasteiger charge is -2.26. The van der Waals surface area contributed by atoms with Gasteiger partial charge in [-0.15, -0.1) is 0 Å². The normalized spacial score (nSPS) is 15.3. The Morgan fingerprint density at radius 2 is 1.90 bits per heavy atom.